The van der Waals surface area contributed by atoms with Crippen LogP contribution in [0.25, 0.3) is 0 Å². The van der Waals surface area contributed by atoms with Crippen LogP contribution in [0.5, 0.6) is 0 Å². The second-order valence-electron chi connectivity index (χ2n) is 7.82. The van der Waals surface area contributed by atoms with E-state index < -0.39 is 0 Å². The Morgan fingerprint density at radius 3 is 2.48 bits per heavy atom. The van der Waals surface area contributed by atoms with E-state index in [0.29, 0.717) is 5.92 Å². The van der Waals surface area contributed by atoms with E-state index in [1.165, 1.54) is 18.2 Å². The van der Waals surface area contributed by atoms with Gasteiger partial charge in [-0.05, 0) is 56.2 Å². The number of carbonyl (C=O) groups is 2. The van der Waals surface area contributed by atoms with Crippen LogP contribution in [0.15, 0.2) is 23.1 Å². The summed E-state index contributed by atoms with van der Waals surface area (Å²) in [5.74, 6) is 0.748. The number of carbonyl (C=O) groups excluding carboxylic acids is 2. The zero-order valence-corrected chi connectivity index (χ0v) is 16.8. The summed E-state index contributed by atoms with van der Waals surface area (Å²) in [7, 11) is 0. The highest BCUT2D eigenvalue weighted by atomic mass is 32.2. The first-order chi connectivity index (χ1) is 11.8. The number of anilines is 1. The van der Waals surface area contributed by atoms with E-state index in [-0.39, 0.29) is 16.4 Å². The van der Waals surface area contributed by atoms with Crippen LogP contribution >= 0.6 is 11.8 Å². The predicted octanol–water partition coefficient (Wildman–Crippen LogP) is 5.96. The van der Waals surface area contributed by atoms with Crippen molar-refractivity contribution in [2.24, 2.45) is 11.3 Å². The summed E-state index contributed by atoms with van der Waals surface area (Å²) in [4.78, 5) is 25.6. The number of rotatable bonds is 6. The molecule has 0 aromatic heterocycles. The average Bonchev–Trinajstić information content (AvgIpc) is 2.56. The minimum Gasteiger partial charge on any atom is -0.325 e. The standard InChI is InChI=1S/C21H31NO2S/c1-15(2)10-13-21(11-6-5-7-12-21)20(24)22-18-14-16(3)8-9-19(18)25-17(4)23/h8-9,14-15H,5-7,10-13H2,1-4H3,(H,22,24). The number of nitrogens with one attached hydrogen (secondary N) is 1. The van der Waals surface area contributed by atoms with Gasteiger partial charge < -0.3 is 5.32 Å². The quantitative estimate of drug-likeness (QED) is 0.636. The molecule has 1 aliphatic rings. The fraction of sp³-hybridized carbons (Fsp3) is 0.619. The van der Waals surface area contributed by atoms with Gasteiger partial charge in [-0.2, -0.15) is 0 Å². The van der Waals surface area contributed by atoms with E-state index in [1.54, 1.807) is 6.92 Å². The summed E-state index contributed by atoms with van der Waals surface area (Å²) in [5.41, 5.74) is 1.62. The summed E-state index contributed by atoms with van der Waals surface area (Å²) in [6.45, 7) is 8.00. The van der Waals surface area contributed by atoms with E-state index in [9.17, 15) is 9.59 Å². The molecule has 1 aliphatic carbocycles. The summed E-state index contributed by atoms with van der Waals surface area (Å²) >= 11 is 1.19. The third-order valence-electron chi connectivity index (χ3n) is 5.13. The molecule has 1 aromatic rings. The summed E-state index contributed by atoms with van der Waals surface area (Å²) in [6.07, 6.45) is 7.49. The molecule has 0 heterocycles. The second-order valence-corrected chi connectivity index (χ2v) is 9.04. The van der Waals surface area contributed by atoms with Crippen molar-refractivity contribution < 1.29 is 9.59 Å². The Morgan fingerprint density at radius 1 is 1.20 bits per heavy atom. The monoisotopic (exact) mass is 361 g/mol. The normalized spacial score (nSPS) is 16.7. The Labute approximate surface area is 156 Å². The topological polar surface area (TPSA) is 46.2 Å². The summed E-state index contributed by atoms with van der Waals surface area (Å²) < 4.78 is 0. The Kier molecular flexibility index (Phi) is 7.12. The highest BCUT2D eigenvalue weighted by Crippen LogP contribution is 2.42. The zero-order valence-electron chi connectivity index (χ0n) is 16.0. The zero-order chi connectivity index (χ0) is 18.4. The number of hydrogen-bond donors (Lipinski definition) is 1. The lowest BCUT2D eigenvalue weighted by Crippen LogP contribution is -2.38. The Hall–Kier alpha value is -1.29. The number of aryl methyl sites for hydroxylation is 1. The van der Waals surface area contributed by atoms with Crippen molar-refractivity contribution >= 4 is 28.5 Å². The van der Waals surface area contributed by atoms with Crippen LogP contribution in [0.2, 0.25) is 0 Å². The van der Waals surface area contributed by atoms with Gasteiger partial charge in [0.25, 0.3) is 0 Å². The molecule has 1 N–H and O–H groups in total. The van der Waals surface area contributed by atoms with Gasteiger partial charge in [0.05, 0.1) is 5.69 Å². The van der Waals surface area contributed by atoms with Gasteiger partial charge in [0.15, 0.2) is 5.12 Å². The molecule has 0 saturated heterocycles. The second kappa shape index (κ2) is 8.88. The molecule has 3 nitrogen and oxygen atoms in total. The fourth-order valence-electron chi connectivity index (χ4n) is 3.62. The molecule has 138 valence electrons. The number of hydrogen-bond acceptors (Lipinski definition) is 3. The maximum Gasteiger partial charge on any atom is 0.230 e. The maximum atomic E-state index is 13.2. The largest absolute Gasteiger partial charge is 0.325 e. The van der Waals surface area contributed by atoms with Crippen molar-refractivity contribution in [3.05, 3.63) is 23.8 Å². The van der Waals surface area contributed by atoms with Crippen LogP contribution in [0.3, 0.4) is 0 Å². The van der Waals surface area contributed by atoms with E-state index >= 15 is 0 Å². The SMILES string of the molecule is CC(=O)Sc1ccc(C)cc1NC(=O)C1(CCC(C)C)CCCCC1. The average molecular weight is 362 g/mol. The van der Waals surface area contributed by atoms with Crippen LogP contribution in [0, 0.1) is 18.3 Å². The molecular formula is C21H31NO2S. The van der Waals surface area contributed by atoms with E-state index in [4.69, 9.17) is 0 Å². The van der Waals surface area contributed by atoms with Gasteiger partial charge in [0, 0.05) is 17.2 Å². The van der Waals surface area contributed by atoms with Crippen LogP contribution in [0.4, 0.5) is 5.69 Å². The molecule has 2 rings (SSSR count). The van der Waals surface area contributed by atoms with Crippen molar-refractivity contribution in [1.29, 1.82) is 0 Å². The Balaban J connectivity index is 2.22. The van der Waals surface area contributed by atoms with Gasteiger partial charge in [0.1, 0.15) is 0 Å². The van der Waals surface area contributed by atoms with Gasteiger partial charge in [-0.25, -0.2) is 0 Å². The van der Waals surface area contributed by atoms with Gasteiger partial charge in [-0.15, -0.1) is 0 Å². The van der Waals surface area contributed by atoms with Gasteiger partial charge >= 0.3 is 0 Å². The lowest BCUT2D eigenvalue weighted by Gasteiger charge is -2.36. The minimum atomic E-state index is -0.246. The molecule has 4 heteroatoms. The molecule has 1 amide bonds. The van der Waals surface area contributed by atoms with E-state index in [2.05, 4.69) is 19.2 Å². The summed E-state index contributed by atoms with van der Waals surface area (Å²) in [5, 5.41) is 3.21. The van der Waals surface area contributed by atoms with E-state index in [0.717, 1.165) is 54.7 Å². The minimum absolute atomic E-state index is 0.0338. The van der Waals surface area contributed by atoms with Crippen molar-refractivity contribution in [1.82, 2.24) is 0 Å². The van der Waals surface area contributed by atoms with Crippen molar-refractivity contribution in [2.45, 2.75) is 77.5 Å². The molecule has 0 atom stereocenters. The molecule has 0 radical (unpaired) electrons. The summed E-state index contributed by atoms with van der Waals surface area (Å²) in [6, 6.07) is 5.89. The molecule has 0 spiro atoms. The third-order valence-corrected chi connectivity index (χ3v) is 5.99. The van der Waals surface area contributed by atoms with Crippen LogP contribution in [-0.2, 0) is 9.59 Å². The number of benzene rings is 1. The Morgan fingerprint density at radius 2 is 1.88 bits per heavy atom. The molecule has 1 saturated carbocycles. The van der Waals surface area contributed by atoms with Crippen molar-refractivity contribution in [3.8, 4) is 0 Å². The molecule has 1 aromatic carbocycles. The first-order valence-electron chi connectivity index (χ1n) is 9.43. The number of thioether (sulfide) groups is 1. The van der Waals surface area contributed by atoms with Gasteiger partial charge in [0.2, 0.25) is 5.91 Å². The molecule has 1 fully saturated rings. The van der Waals surface area contributed by atoms with Gasteiger partial charge in [-0.3, -0.25) is 9.59 Å². The van der Waals surface area contributed by atoms with Gasteiger partial charge in [-0.1, -0.05) is 50.9 Å². The van der Waals surface area contributed by atoms with E-state index in [1.807, 2.05) is 25.1 Å². The van der Waals surface area contributed by atoms with Crippen molar-refractivity contribution in [3.63, 3.8) is 0 Å². The highest BCUT2D eigenvalue weighted by Gasteiger charge is 2.39. The maximum absolute atomic E-state index is 13.2. The fourth-order valence-corrected chi connectivity index (χ4v) is 4.29. The smallest absolute Gasteiger partial charge is 0.230 e. The van der Waals surface area contributed by atoms with Crippen LogP contribution in [-0.4, -0.2) is 11.0 Å². The predicted molar refractivity (Wildman–Crippen MR) is 106 cm³/mol. The molecular weight excluding hydrogens is 330 g/mol. The van der Waals surface area contributed by atoms with Crippen molar-refractivity contribution in [2.75, 3.05) is 5.32 Å². The third kappa shape index (κ3) is 5.60. The first-order valence-corrected chi connectivity index (χ1v) is 10.2. The lowest BCUT2D eigenvalue weighted by molar-refractivity contribution is -0.128. The molecule has 0 aliphatic heterocycles. The lowest BCUT2D eigenvalue weighted by atomic mass is 9.69. The molecule has 0 unspecified atom stereocenters. The first kappa shape index (κ1) is 20.0. The van der Waals surface area contributed by atoms with Crippen LogP contribution < -0.4 is 5.32 Å². The highest BCUT2D eigenvalue weighted by molar-refractivity contribution is 8.13. The molecule has 0 bridgehead atoms. The Bertz CT molecular complexity index is 618. The number of amides is 1. The van der Waals surface area contributed by atoms with Crippen LogP contribution in [0.1, 0.15) is 71.3 Å². The molecule has 25 heavy (non-hydrogen) atoms.